The van der Waals surface area contributed by atoms with Gasteiger partial charge in [0, 0.05) is 40.7 Å². The molecule has 236 valence electrons. The topological polar surface area (TPSA) is 102 Å². The number of aromatic amines is 1. The van der Waals surface area contributed by atoms with E-state index in [2.05, 4.69) is 16.8 Å². The average Bonchev–Trinajstić information content (AvgIpc) is 3.27. The summed E-state index contributed by atoms with van der Waals surface area (Å²) in [6.45, 7) is 6.53. The molecule has 1 amide bonds. The number of H-pyrrole nitrogens is 1. The minimum Gasteiger partial charge on any atom is -0.391 e. The number of aliphatic hydroxyl groups is 1. The van der Waals surface area contributed by atoms with Gasteiger partial charge >= 0.3 is 5.69 Å². The van der Waals surface area contributed by atoms with Crippen molar-refractivity contribution < 1.29 is 9.90 Å². The van der Waals surface area contributed by atoms with Crippen molar-refractivity contribution in [3.8, 4) is 0 Å². The summed E-state index contributed by atoms with van der Waals surface area (Å²) < 4.78 is 1.53. The molecule has 9 heteroatoms. The lowest BCUT2D eigenvalue weighted by molar-refractivity contribution is -0.130. The van der Waals surface area contributed by atoms with E-state index in [-0.39, 0.29) is 17.2 Å². The zero-order chi connectivity index (χ0) is 30.0. The Bertz CT molecular complexity index is 991. The minimum atomic E-state index is -0.438. The molecule has 0 fully saturated rings. The summed E-state index contributed by atoms with van der Waals surface area (Å²) in [5, 5.41) is 10.5. The largest absolute Gasteiger partial charge is 0.391 e. The Morgan fingerprint density at radius 2 is 1.39 bits per heavy atom. The van der Waals surface area contributed by atoms with Crippen LogP contribution in [0.3, 0.4) is 0 Å². The zero-order valence-electron chi connectivity index (χ0n) is 26.6. The molecular weight excluding hydrogens is 518 g/mol. The van der Waals surface area contributed by atoms with Gasteiger partial charge in [-0.3, -0.25) is 19.1 Å². The van der Waals surface area contributed by atoms with Gasteiger partial charge in [-0.1, -0.05) is 103 Å². The number of carbonyl (C=O) groups excluding carboxylic acids is 1. The van der Waals surface area contributed by atoms with Gasteiger partial charge in [-0.2, -0.15) is 0 Å². The van der Waals surface area contributed by atoms with Crippen molar-refractivity contribution >= 4 is 17.4 Å². The quantitative estimate of drug-likeness (QED) is 0.166. The van der Waals surface area contributed by atoms with E-state index in [1.165, 1.54) is 62.4 Å². The maximum Gasteiger partial charge on any atom is 0.329 e. The molecule has 0 saturated heterocycles. The summed E-state index contributed by atoms with van der Waals surface area (Å²) >= 11 is 0. The Hall–Kier alpha value is -2.29. The van der Waals surface area contributed by atoms with Gasteiger partial charge in [-0.15, -0.1) is 0 Å². The van der Waals surface area contributed by atoms with Crippen LogP contribution in [-0.4, -0.2) is 64.9 Å². The summed E-state index contributed by atoms with van der Waals surface area (Å²) in [6.07, 6.45) is 20.8. The van der Waals surface area contributed by atoms with E-state index in [1.807, 2.05) is 16.8 Å². The number of aromatic nitrogens is 2. The second-order valence-corrected chi connectivity index (χ2v) is 12.2. The first-order valence-corrected chi connectivity index (χ1v) is 16.5. The van der Waals surface area contributed by atoms with E-state index < -0.39 is 6.10 Å². The molecule has 0 aromatic carbocycles. The number of unbranched alkanes of at least 4 members (excludes halogenated alkanes) is 15. The molecule has 0 radical (unpaired) electrons. The van der Waals surface area contributed by atoms with Crippen molar-refractivity contribution in [1.29, 1.82) is 0 Å². The zero-order valence-corrected chi connectivity index (χ0v) is 26.6. The summed E-state index contributed by atoms with van der Waals surface area (Å²) in [5.41, 5.74) is -0.122. The predicted molar refractivity (Wildman–Crippen MR) is 170 cm³/mol. The Kier molecular flexibility index (Phi) is 16.8. The van der Waals surface area contributed by atoms with Crippen molar-refractivity contribution in [3.63, 3.8) is 0 Å². The number of hydrogen-bond donors (Lipinski definition) is 2. The van der Waals surface area contributed by atoms with Gasteiger partial charge in [0.05, 0.1) is 12.8 Å². The highest BCUT2D eigenvalue weighted by atomic mass is 16.3. The van der Waals surface area contributed by atoms with Crippen LogP contribution in [0.15, 0.2) is 9.59 Å². The van der Waals surface area contributed by atoms with Crippen LogP contribution in [0.2, 0.25) is 0 Å². The van der Waals surface area contributed by atoms with Crippen molar-refractivity contribution in [2.45, 2.75) is 136 Å². The predicted octanol–water partition coefficient (Wildman–Crippen LogP) is 5.54. The van der Waals surface area contributed by atoms with E-state index in [9.17, 15) is 19.5 Å². The summed E-state index contributed by atoms with van der Waals surface area (Å²) in [4.78, 5) is 44.5. The Labute approximate surface area is 248 Å². The lowest BCUT2D eigenvalue weighted by Crippen LogP contribution is -2.36. The van der Waals surface area contributed by atoms with E-state index >= 15 is 0 Å². The molecule has 0 aliphatic carbocycles. The van der Waals surface area contributed by atoms with Crippen molar-refractivity contribution in [2.75, 3.05) is 43.2 Å². The van der Waals surface area contributed by atoms with Crippen LogP contribution in [0.5, 0.6) is 0 Å². The monoisotopic (exact) mass is 577 g/mol. The first kappa shape index (κ1) is 34.9. The number of amides is 1. The van der Waals surface area contributed by atoms with Crippen LogP contribution in [0.4, 0.5) is 11.5 Å². The lowest BCUT2D eigenvalue weighted by Gasteiger charge is -2.24. The standard InChI is InChI=1S/C32H59N5O4/c1-5-6-7-8-9-10-11-14-17-20-23-36(27(2)38)25-28(39)22-19-16-13-12-15-18-21-24-37-26-34(3)29-30(40)33-32(41)35(4)31(29)37/h28,39H,5-26H2,1-4H3,(H,33,40,41). The van der Waals surface area contributed by atoms with Crippen LogP contribution in [0.1, 0.15) is 129 Å². The van der Waals surface area contributed by atoms with Gasteiger partial charge in [0.25, 0.3) is 5.56 Å². The third-order valence-corrected chi connectivity index (χ3v) is 8.46. The normalized spacial score (nSPS) is 13.6. The second-order valence-electron chi connectivity index (χ2n) is 12.2. The van der Waals surface area contributed by atoms with E-state index in [0.29, 0.717) is 24.7 Å². The molecule has 9 nitrogen and oxygen atoms in total. The third kappa shape index (κ3) is 12.6. The Morgan fingerprint density at radius 1 is 0.854 bits per heavy atom. The van der Waals surface area contributed by atoms with Gasteiger partial charge in [-0.05, 0) is 19.3 Å². The van der Waals surface area contributed by atoms with Crippen LogP contribution in [-0.2, 0) is 11.8 Å². The first-order chi connectivity index (χ1) is 19.8. The van der Waals surface area contributed by atoms with E-state index in [1.54, 1.807) is 14.0 Å². The SMILES string of the molecule is CCCCCCCCCCCCN(CC(O)CCCCCCCCCN1CN(C)c2c1n(C)c(=O)[nH]c2=O)C(C)=O. The Morgan fingerprint density at radius 3 is 1.98 bits per heavy atom. The van der Waals surface area contributed by atoms with Gasteiger partial charge in [0.15, 0.2) is 0 Å². The van der Waals surface area contributed by atoms with Crippen LogP contribution in [0.25, 0.3) is 0 Å². The number of aliphatic hydroxyl groups excluding tert-OH is 1. The maximum atomic E-state index is 12.2. The molecular formula is C32H59N5O4. The lowest BCUT2D eigenvalue weighted by atomic mass is 10.1. The number of fused-ring (bicyclic) bond motifs is 1. The average molecular weight is 578 g/mol. The van der Waals surface area contributed by atoms with Gasteiger partial charge in [-0.25, -0.2) is 4.79 Å². The molecule has 41 heavy (non-hydrogen) atoms. The molecule has 1 aliphatic heterocycles. The summed E-state index contributed by atoms with van der Waals surface area (Å²) in [6, 6.07) is 0. The number of rotatable bonds is 23. The molecule has 2 rings (SSSR count). The first-order valence-electron chi connectivity index (χ1n) is 16.5. The molecule has 2 heterocycles. The van der Waals surface area contributed by atoms with Gasteiger partial charge < -0.3 is 19.8 Å². The smallest absolute Gasteiger partial charge is 0.329 e. The van der Waals surface area contributed by atoms with E-state index in [4.69, 9.17) is 0 Å². The van der Waals surface area contributed by atoms with Gasteiger partial charge in [0.2, 0.25) is 5.91 Å². The fourth-order valence-corrected chi connectivity index (χ4v) is 5.95. The highest BCUT2D eigenvalue weighted by Gasteiger charge is 2.29. The molecule has 1 aliphatic rings. The summed E-state index contributed by atoms with van der Waals surface area (Å²) in [5.74, 6) is 0.782. The highest BCUT2D eigenvalue weighted by Crippen LogP contribution is 2.29. The fraction of sp³-hybridized carbons (Fsp3) is 0.844. The molecule has 0 saturated carbocycles. The van der Waals surface area contributed by atoms with Crippen LogP contribution < -0.4 is 21.0 Å². The third-order valence-electron chi connectivity index (χ3n) is 8.46. The van der Waals surface area contributed by atoms with Crippen molar-refractivity contribution in [2.24, 2.45) is 7.05 Å². The number of carbonyl (C=O) groups is 1. The van der Waals surface area contributed by atoms with Gasteiger partial charge in [0.1, 0.15) is 11.5 Å². The van der Waals surface area contributed by atoms with Crippen molar-refractivity contribution in [1.82, 2.24) is 14.5 Å². The molecule has 0 bridgehead atoms. The number of anilines is 2. The second kappa shape index (κ2) is 19.8. The minimum absolute atomic E-state index is 0.0676. The van der Waals surface area contributed by atoms with Crippen molar-refractivity contribution in [3.05, 3.63) is 20.8 Å². The van der Waals surface area contributed by atoms with Crippen LogP contribution >= 0.6 is 0 Å². The molecule has 1 aromatic rings. The molecule has 0 spiro atoms. The highest BCUT2D eigenvalue weighted by molar-refractivity contribution is 5.73. The molecule has 1 atom stereocenters. The molecule has 1 unspecified atom stereocenters. The van der Waals surface area contributed by atoms with Crippen LogP contribution in [0, 0.1) is 0 Å². The number of hydrogen-bond acceptors (Lipinski definition) is 6. The molecule has 2 N–H and O–H groups in total. The molecule has 1 aromatic heterocycles. The van der Waals surface area contributed by atoms with E-state index in [0.717, 1.165) is 70.9 Å². The summed E-state index contributed by atoms with van der Waals surface area (Å²) in [7, 11) is 3.59. The number of nitrogens with zero attached hydrogens (tertiary/aromatic N) is 4. The Balaban J connectivity index is 1.49. The number of nitrogens with one attached hydrogen (secondary N) is 1. The fourth-order valence-electron chi connectivity index (χ4n) is 5.95. The maximum absolute atomic E-state index is 12.2.